The standard InChI is InChI=1S/C14H19ClN2OS/c15-11-3-5-13(6-4-11)19-9-7-14(18)17-10-12-2-1-8-16-12/h3-6,12,16H,1-2,7-10H2,(H,17,18). The van der Waals surface area contributed by atoms with E-state index in [2.05, 4.69) is 10.6 Å². The third kappa shape index (κ3) is 5.43. The summed E-state index contributed by atoms with van der Waals surface area (Å²) in [6.07, 6.45) is 2.94. The molecule has 3 nitrogen and oxygen atoms in total. The van der Waals surface area contributed by atoms with Crippen LogP contribution in [-0.4, -0.2) is 30.8 Å². The molecular weight excluding hydrogens is 280 g/mol. The smallest absolute Gasteiger partial charge is 0.220 e. The van der Waals surface area contributed by atoms with Gasteiger partial charge in [0.15, 0.2) is 0 Å². The molecule has 1 aliphatic heterocycles. The molecule has 2 rings (SSSR count). The second kappa shape index (κ2) is 7.78. The minimum Gasteiger partial charge on any atom is -0.355 e. The molecule has 2 N–H and O–H groups in total. The van der Waals surface area contributed by atoms with E-state index in [0.29, 0.717) is 12.5 Å². The van der Waals surface area contributed by atoms with E-state index in [1.807, 2.05) is 24.3 Å². The Morgan fingerprint density at radius 2 is 2.21 bits per heavy atom. The second-order valence-electron chi connectivity index (χ2n) is 4.65. The van der Waals surface area contributed by atoms with Crippen LogP contribution in [0.2, 0.25) is 5.02 Å². The van der Waals surface area contributed by atoms with E-state index in [-0.39, 0.29) is 5.91 Å². The van der Waals surface area contributed by atoms with E-state index in [9.17, 15) is 4.79 Å². The highest BCUT2D eigenvalue weighted by molar-refractivity contribution is 7.99. The SMILES string of the molecule is O=C(CCSc1ccc(Cl)cc1)NCC1CCCN1. The Morgan fingerprint density at radius 1 is 1.42 bits per heavy atom. The van der Waals surface area contributed by atoms with Crippen molar-refractivity contribution >= 4 is 29.3 Å². The lowest BCUT2D eigenvalue weighted by Crippen LogP contribution is -2.37. The summed E-state index contributed by atoms with van der Waals surface area (Å²) in [5, 5.41) is 7.09. The number of halogens is 1. The van der Waals surface area contributed by atoms with Gasteiger partial charge in [0.1, 0.15) is 0 Å². The van der Waals surface area contributed by atoms with Gasteiger partial charge in [0, 0.05) is 34.7 Å². The Hall–Kier alpha value is -0.710. The summed E-state index contributed by atoms with van der Waals surface area (Å²) in [5.74, 6) is 0.932. The van der Waals surface area contributed by atoms with Crippen LogP contribution in [-0.2, 0) is 4.79 Å². The molecule has 1 atom stereocenters. The van der Waals surface area contributed by atoms with Gasteiger partial charge in [-0.2, -0.15) is 0 Å². The molecule has 1 saturated heterocycles. The van der Waals surface area contributed by atoms with Crippen molar-refractivity contribution in [1.82, 2.24) is 10.6 Å². The van der Waals surface area contributed by atoms with Crippen LogP contribution < -0.4 is 10.6 Å². The van der Waals surface area contributed by atoms with Crippen LogP contribution >= 0.6 is 23.4 Å². The summed E-state index contributed by atoms with van der Waals surface area (Å²) in [6, 6.07) is 8.17. The summed E-state index contributed by atoms with van der Waals surface area (Å²) in [5.41, 5.74) is 0. The average Bonchev–Trinajstić information content (AvgIpc) is 2.92. The van der Waals surface area contributed by atoms with Crippen molar-refractivity contribution < 1.29 is 4.79 Å². The summed E-state index contributed by atoms with van der Waals surface area (Å²) in [4.78, 5) is 12.8. The van der Waals surface area contributed by atoms with Crippen molar-refractivity contribution in [1.29, 1.82) is 0 Å². The molecule has 0 radical (unpaired) electrons. The first-order valence-corrected chi connectivity index (χ1v) is 7.99. The highest BCUT2D eigenvalue weighted by Gasteiger charge is 2.14. The van der Waals surface area contributed by atoms with Crippen LogP contribution in [0, 0.1) is 0 Å². The minimum atomic E-state index is 0.134. The molecule has 1 aromatic rings. The van der Waals surface area contributed by atoms with Crippen molar-refractivity contribution in [2.24, 2.45) is 0 Å². The topological polar surface area (TPSA) is 41.1 Å². The summed E-state index contributed by atoms with van der Waals surface area (Å²) in [6.45, 7) is 1.83. The average molecular weight is 299 g/mol. The first-order valence-electron chi connectivity index (χ1n) is 6.62. The normalized spacial score (nSPS) is 18.5. The van der Waals surface area contributed by atoms with Gasteiger partial charge in [-0.3, -0.25) is 4.79 Å². The third-order valence-corrected chi connectivity index (χ3v) is 4.39. The molecule has 1 amide bonds. The van der Waals surface area contributed by atoms with E-state index in [1.54, 1.807) is 11.8 Å². The first kappa shape index (κ1) is 14.7. The lowest BCUT2D eigenvalue weighted by Gasteiger charge is -2.11. The number of benzene rings is 1. The van der Waals surface area contributed by atoms with Gasteiger partial charge in [-0.05, 0) is 43.7 Å². The molecule has 0 saturated carbocycles. The molecule has 104 valence electrons. The molecule has 1 unspecified atom stereocenters. The number of carbonyl (C=O) groups excluding carboxylic acids is 1. The van der Waals surface area contributed by atoms with Crippen LogP contribution in [0.15, 0.2) is 29.2 Å². The van der Waals surface area contributed by atoms with Gasteiger partial charge >= 0.3 is 0 Å². The third-order valence-electron chi connectivity index (χ3n) is 3.12. The summed E-state index contributed by atoms with van der Waals surface area (Å²) >= 11 is 7.50. The summed E-state index contributed by atoms with van der Waals surface area (Å²) < 4.78 is 0. The van der Waals surface area contributed by atoms with E-state index >= 15 is 0 Å². The number of hydrogen-bond acceptors (Lipinski definition) is 3. The number of hydrogen-bond donors (Lipinski definition) is 2. The number of amides is 1. The molecular formula is C14H19ClN2OS. The van der Waals surface area contributed by atoms with Gasteiger partial charge in [0.25, 0.3) is 0 Å². The Bertz CT molecular complexity index is 404. The fraction of sp³-hybridized carbons (Fsp3) is 0.500. The Balaban J connectivity index is 1.59. The molecule has 1 aliphatic rings. The zero-order valence-corrected chi connectivity index (χ0v) is 12.4. The molecule has 0 aromatic heterocycles. The van der Waals surface area contributed by atoms with E-state index in [0.717, 1.165) is 28.8 Å². The molecule has 0 spiro atoms. The molecule has 19 heavy (non-hydrogen) atoms. The highest BCUT2D eigenvalue weighted by Crippen LogP contribution is 2.20. The fourth-order valence-corrected chi connectivity index (χ4v) is 3.03. The molecule has 1 fully saturated rings. The van der Waals surface area contributed by atoms with Crippen molar-refractivity contribution in [3.05, 3.63) is 29.3 Å². The van der Waals surface area contributed by atoms with E-state index in [1.165, 1.54) is 12.8 Å². The largest absolute Gasteiger partial charge is 0.355 e. The highest BCUT2D eigenvalue weighted by atomic mass is 35.5. The summed E-state index contributed by atoms with van der Waals surface area (Å²) in [7, 11) is 0. The molecule has 0 aliphatic carbocycles. The lowest BCUT2D eigenvalue weighted by atomic mass is 10.2. The van der Waals surface area contributed by atoms with E-state index < -0.39 is 0 Å². The molecule has 1 aromatic carbocycles. The molecule has 5 heteroatoms. The zero-order chi connectivity index (χ0) is 13.5. The molecule has 0 bridgehead atoms. The quantitative estimate of drug-likeness (QED) is 0.794. The monoisotopic (exact) mass is 298 g/mol. The van der Waals surface area contributed by atoms with Crippen molar-refractivity contribution in [2.45, 2.75) is 30.2 Å². The maximum Gasteiger partial charge on any atom is 0.220 e. The fourth-order valence-electron chi connectivity index (χ4n) is 2.05. The molecule has 1 heterocycles. The maximum absolute atomic E-state index is 11.7. The number of nitrogens with one attached hydrogen (secondary N) is 2. The predicted molar refractivity (Wildman–Crippen MR) is 80.8 cm³/mol. The Labute approximate surface area is 123 Å². The van der Waals surface area contributed by atoms with Gasteiger partial charge in [0.2, 0.25) is 5.91 Å². The Morgan fingerprint density at radius 3 is 2.89 bits per heavy atom. The van der Waals surface area contributed by atoms with Gasteiger partial charge in [-0.15, -0.1) is 11.8 Å². The lowest BCUT2D eigenvalue weighted by molar-refractivity contribution is -0.120. The number of thioether (sulfide) groups is 1. The number of rotatable bonds is 6. The zero-order valence-electron chi connectivity index (χ0n) is 10.8. The minimum absolute atomic E-state index is 0.134. The first-order chi connectivity index (χ1) is 9.24. The second-order valence-corrected chi connectivity index (χ2v) is 6.25. The maximum atomic E-state index is 11.7. The van der Waals surface area contributed by atoms with Gasteiger partial charge in [-0.25, -0.2) is 0 Å². The van der Waals surface area contributed by atoms with Crippen LogP contribution in [0.4, 0.5) is 0 Å². The van der Waals surface area contributed by atoms with Gasteiger partial charge in [-0.1, -0.05) is 11.6 Å². The van der Waals surface area contributed by atoms with Crippen LogP contribution in [0.3, 0.4) is 0 Å². The Kier molecular flexibility index (Phi) is 6.01. The van der Waals surface area contributed by atoms with Gasteiger partial charge < -0.3 is 10.6 Å². The van der Waals surface area contributed by atoms with Gasteiger partial charge in [0.05, 0.1) is 0 Å². The van der Waals surface area contributed by atoms with Crippen LogP contribution in [0.25, 0.3) is 0 Å². The van der Waals surface area contributed by atoms with Crippen LogP contribution in [0.5, 0.6) is 0 Å². The van der Waals surface area contributed by atoms with Crippen LogP contribution in [0.1, 0.15) is 19.3 Å². The predicted octanol–water partition coefficient (Wildman–Crippen LogP) is 2.69. The number of carbonyl (C=O) groups is 1. The van der Waals surface area contributed by atoms with Crippen molar-refractivity contribution in [3.8, 4) is 0 Å². The van der Waals surface area contributed by atoms with Crippen molar-refractivity contribution in [2.75, 3.05) is 18.8 Å². The van der Waals surface area contributed by atoms with E-state index in [4.69, 9.17) is 11.6 Å². The van der Waals surface area contributed by atoms with Crippen molar-refractivity contribution in [3.63, 3.8) is 0 Å².